The highest BCUT2D eigenvalue weighted by atomic mass is 35.5. The van der Waals surface area contributed by atoms with E-state index < -0.39 is 23.8 Å². The van der Waals surface area contributed by atoms with Gasteiger partial charge in [0.1, 0.15) is 23.5 Å². The first-order valence-electron chi connectivity index (χ1n) is 6.13. The fourth-order valence-corrected chi connectivity index (χ4v) is 2.61. The fourth-order valence-electron chi connectivity index (χ4n) is 2.38. The van der Waals surface area contributed by atoms with Crippen LogP contribution in [-0.2, 0) is 0 Å². The predicted octanol–water partition coefficient (Wildman–Crippen LogP) is 4.18. The van der Waals surface area contributed by atoms with Crippen LogP contribution in [0.3, 0.4) is 0 Å². The van der Waals surface area contributed by atoms with Gasteiger partial charge >= 0.3 is 0 Å². The maximum Gasteiger partial charge on any atom is 0.127 e. The van der Waals surface area contributed by atoms with Crippen LogP contribution in [0, 0.1) is 11.6 Å². The van der Waals surface area contributed by atoms with Crippen molar-refractivity contribution in [3.05, 3.63) is 64.2 Å². The number of fused-ring (bicyclic) bond motifs is 1. The molecule has 0 bridgehead atoms. The normalized spacial score (nSPS) is 21.2. The zero-order chi connectivity index (χ0) is 14.3. The molecule has 0 aromatic heterocycles. The molecule has 2 aromatic rings. The lowest BCUT2D eigenvalue weighted by Crippen LogP contribution is -2.19. The van der Waals surface area contributed by atoms with Crippen molar-refractivity contribution in [1.82, 2.24) is 0 Å². The third-order valence-electron chi connectivity index (χ3n) is 3.29. The Morgan fingerprint density at radius 3 is 2.65 bits per heavy atom. The Bertz CT molecular complexity index is 640. The van der Waals surface area contributed by atoms with E-state index in [2.05, 4.69) is 0 Å². The third-order valence-corrected chi connectivity index (χ3v) is 3.51. The number of benzene rings is 2. The van der Waals surface area contributed by atoms with Crippen LogP contribution in [0.1, 0.15) is 29.8 Å². The van der Waals surface area contributed by atoms with Crippen LogP contribution in [-0.4, -0.2) is 5.11 Å². The van der Waals surface area contributed by atoms with Gasteiger partial charge in [-0.25, -0.2) is 8.78 Å². The van der Waals surface area contributed by atoms with E-state index in [0.29, 0.717) is 16.9 Å². The summed E-state index contributed by atoms with van der Waals surface area (Å²) in [7, 11) is 0. The van der Waals surface area contributed by atoms with Gasteiger partial charge in [-0.15, -0.1) is 0 Å². The summed E-state index contributed by atoms with van der Waals surface area (Å²) in [5.41, 5.74) is 0.952. The van der Waals surface area contributed by atoms with Crippen LogP contribution in [0.15, 0.2) is 36.4 Å². The van der Waals surface area contributed by atoms with Crippen LogP contribution < -0.4 is 4.74 Å². The van der Waals surface area contributed by atoms with Gasteiger partial charge in [0.15, 0.2) is 0 Å². The van der Waals surface area contributed by atoms with Crippen molar-refractivity contribution in [3.8, 4) is 5.75 Å². The number of aliphatic hydroxyl groups excluding tert-OH is 1. The van der Waals surface area contributed by atoms with E-state index in [4.69, 9.17) is 16.3 Å². The number of rotatable bonds is 1. The summed E-state index contributed by atoms with van der Waals surface area (Å²) in [6.07, 6.45) is -1.16. The van der Waals surface area contributed by atoms with Crippen molar-refractivity contribution in [1.29, 1.82) is 0 Å². The molecule has 104 valence electrons. The predicted molar refractivity (Wildman–Crippen MR) is 70.8 cm³/mol. The highest BCUT2D eigenvalue weighted by Crippen LogP contribution is 2.41. The monoisotopic (exact) mass is 296 g/mol. The second-order valence-electron chi connectivity index (χ2n) is 4.74. The average Bonchev–Trinajstić information content (AvgIpc) is 2.38. The van der Waals surface area contributed by atoms with E-state index in [1.54, 1.807) is 6.07 Å². The molecule has 0 radical (unpaired) electrons. The van der Waals surface area contributed by atoms with Crippen molar-refractivity contribution < 1.29 is 18.6 Å². The Hall–Kier alpha value is -1.65. The lowest BCUT2D eigenvalue weighted by molar-refractivity contribution is 0.0652. The van der Waals surface area contributed by atoms with Gasteiger partial charge in [-0.05, 0) is 42.0 Å². The SMILES string of the molecule is OC1CC(c2cc(F)cc(Cl)c2)Oc2ccc(F)cc21. The highest BCUT2D eigenvalue weighted by Gasteiger charge is 2.28. The van der Waals surface area contributed by atoms with Crippen molar-refractivity contribution in [2.24, 2.45) is 0 Å². The number of hydrogen-bond donors (Lipinski definition) is 1. The summed E-state index contributed by atoms with van der Waals surface area (Å²) < 4.78 is 32.2. The molecule has 0 saturated heterocycles. The van der Waals surface area contributed by atoms with Crippen LogP contribution in [0.2, 0.25) is 5.02 Å². The molecule has 0 saturated carbocycles. The van der Waals surface area contributed by atoms with E-state index in [9.17, 15) is 13.9 Å². The standard InChI is InChI=1S/C15H11ClF2O2/c16-9-3-8(4-11(18)5-9)15-7-13(19)12-6-10(17)1-2-14(12)20-15/h1-6,13,15,19H,7H2. The van der Waals surface area contributed by atoms with Gasteiger partial charge in [0, 0.05) is 17.0 Å². The first-order valence-corrected chi connectivity index (χ1v) is 6.51. The molecular weight excluding hydrogens is 286 g/mol. The molecule has 2 nitrogen and oxygen atoms in total. The van der Waals surface area contributed by atoms with Gasteiger partial charge in [0.05, 0.1) is 6.10 Å². The Labute approximate surface area is 119 Å². The van der Waals surface area contributed by atoms with E-state index in [1.807, 2.05) is 0 Å². The maximum absolute atomic E-state index is 13.4. The average molecular weight is 297 g/mol. The topological polar surface area (TPSA) is 29.5 Å². The molecule has 1 heterocycles. The van der Waals surface area contributed by atoms with Crippen molar-refractivity contribution in [3.63, 3.8) is 0 Å². The zero-order valence-corrected chi connectivity index (χ0v) is 11.1. The molecule has 0 spiro atoms. The molecule has 2 aromatic carbocycles. The van der Waals surface area contributed by atoms with Crippen molar-refractivity contribution in [2.45, 2.75) is 18.6 Å². The van der Waals surface area contributed by atoms with E-state index in [-0.39, 0.29) is 11.4 Å². The molecule has 0 fully saturated rings. The fraction of sp³-hybridized carbons (Fsp3) is 0.200. The molecule has 2 unspecified atom stereocenters. The lowest BCUT2D eigenvalue weighted by atomic mass is 9.95. The van der Waals surface area contributed by atoms with E-state index >= 15 is 0 Å². The van der Waals surface area contributed by atoms with E-state index in [0.717, 1.165) is 0 Å². The van der Waals surface area contributed by atoms with Gasteiger partial charge in [-0.3, -0.25) is 0 Å². The minimum atomic E-state index is -0.860. The molecule has 0 aliphatic carbocycles. The Morgan fingerprint density at radius 2 is 1.90 bits per heavy atom. The molecule has 1 aliphatic rings. The second kappa shape index (κ2) is 5.04. The quantitative estimate of drug-likeness (QED) is 0.855. The smallest absolute Gasteiger partial charge is 0.127 e. The summed E-state index contributed by atoms with van der Waals surface area (Å²) in [6.45, 7) is 0. The summed E-state index contributed by atoms with van der Waals surface area (Å²) in [5, 5.41) is 10.3. The Kier molecular flexibility index (Phi) is 3.36. The Morgan fingerprint density at radius 1 is 1.10 bits per heavy atom. The van der Waals surface area contributed by atoms with Gasteiger partial charge < -0.3 is 9.84 Å². The number of halogens is 3. The van der Waals surface area contributed by atoms with Crippen molar-refractivity contribution in [2.75, 3.05) is 0 Å². The molecule has 5 heteroatoms. The van der Waals surface area contributed by atoms with Gasteiger partial charge in [0.2, 0.25) is 0 Å². The van der Waals surface area contributed by atoms with Gasteiger partial charge in [0.25, 0.3) is 0 Å². The molecule has 20 heavy (non-hydrogen) atoms. The van der Waals surface area contributed by atoms with Crippen LogP contribution in [0.4, 0.5) is 8.78 Å². The molecule has 0 amide bonds. The number of ether oxygens (including phenoxy) is 1. The number of aliphatic hydroxyl groups is 1. The first kappa shape index (κ1) is 13.3. The molecule has 1 N–H and O–H groups in total. The van der Waals surface area contributed by atoms with E-state index in [1.165, 1.54) is 30.3 Å². The molecule has 3 rings (SSSR count). The lowest BCUT2D eigenvalue weighted by Gasteiger charge is -2.30. The van der Waals surface area contributed by atoms with Crippen LogP contribution in [0.5, 0.6) is 5.75 Å². The van der Waals surface area contributed by atoms with Crippen LogP contribution >= 0.6 is 11.6 Å². The van der Waals surface area contributed by atoms with Gasteiger partial charge in [-0.1, -0.05) is 11.6 Å². The number of hydrogen-bond acceptors (Lipinski definition) is 2. The molecule has 1 aliphatic heterocycles. The summed E-state index contributed by atoms with van der Waals surface area (Å²) >= 11 is 5.82. The van der Waals surface area contributed by atoms with Crippen molar-refractivity contribution >= 4 is 11.6 Å². The highest BCUT2D eigenvalue weighted by molar-refractivity contribution is 6.30. The minimum absolute atomic E-state index is 0.218. The summed E-state index contributed by atoms with van der Waals surface area (Å²) in [4.78, 5) is 0. The van der Waals surface area contributed by atoms with Crippen LogP contribution in [0.25, 0.3) is 0 Å². The largest absolute Gasteiger partial charge is 0.485 e. The molecule has 2 atom stereocenters. The zero-order valence-electron chi connectivity index (χ0n) is 10.3. The molecular formula is C15H11ClF2O2. The maximum atomic E-state index is 13.4. The third kappa shape index (κ3) is 2.49. The minimum Gasteiger partial charge on any atom is -0.485 e. The summed E-state index contributed by atoms with van der Waals surface area (Å²) in [6, 6.07) is 8.07. The first-order chi connectivity index (χ1) is 9.52. The van der Waals surface area contributed by atoms with Gasteiger partial charge in [-0.2, -0.15) is 0 Å². The second-order valence-corrected chi connectivity index (χ2v) is 5.18. The summed E-state index contributed by atoms with van der Waals surface area (Å²) in [5.74, 6) is -0.496. The Balaban J connectivity index is 1.96.